The highest BCUT2D eigenvalue weighted by atomic mass is 35.5. The number of hydrogen-bond acceptors (Lipinski definition) is 7. The Morgan fingerprint density at radius 3 is 2.58 bits per heavy atom. The number of aromatic nitrogens is 2. The van der Waals surface area contributed by atoms with Crippen LogP contribution < -0.4 is 9.47 Å². The zero-order valence-corrected chi connectivity index (χ0v) is 18.8. The molecule has 1 aromatic heterocycles. The molecule has 0 saturated carbocycles. The fourth-order valence-electron chi connectivity index (χ4n) is 2.70. The summed E-state index contributed by atoms with van der Waals surface area (Å²) >= 11 is 7.56. The summed E-state index contributed by atoms with van der Waals surface area (Å²) < 4.78 is 25.5. The summed E-state index contributed by atoms with van der Waals surface area (Å²) in [7, 11) is 0. The van der Waals surface area contributed by atoms with Gasteiger partial charge in [0.2, 0.25) is 0 Å². The van der Waals surface area contributed by atoms with Crippen molar-refractivity contribution in [2.75, 3.05) is 6.61 Å². The zero-order chi connectivity index (χ0) is 22.5. The van der Waals surface area contributed by atoms with E-state index < -0.39 is 11.9 Å². The van der Waals surface area contributed by atoms with Crippen LogP contribution in [0, 0.1) is 17.1 Å². The predicted octanol–water partition coefficient (Wildman–Crippen LogP) is 5.47. The van der Waals surface area contributed by atoms with Gasteiger partial charge in [0, 0.05) is 23.6 Å². The van der Waals surface area contributed by atoms with E-state index >= 15 is 0 Å². The topological polar surface area (TPSA) is 88.3 Å². The first kappa shape index (κ1) is 22.9. The van der Waals surface area contributed by atoms with Crippen molar-refractivity contribution >= 4 is 22.9 Å². The molecule has 0 fully saturated rings. The fourth-order valence-corrected chi connectivity index (χ4v) is 3.87. The smallest absolute Gasteiger partial charge is 0.165 e. The highest BCUT2D eigenvalue weighted by molar-refractivity contribution is 7.18. The third-order valence-electron chi connectivity index (χ3n) is 4.18. The molecule has 1 atom stereocenters. The van der Waals surface area contributed by atoms with E-state index in [1.165, 1.54) is 23.5 Å². The number of aliphatic hydroxyl groups is 1. The molecule has 1 N–H and O–H groups in total. The number of nitrogens with zero attached hydrogens (tertiary/aromatic N) is 3. The lowest BCUT2D eigenvalue weighted by Crippen LogP contribution is -2.08. The average Bonchev–Trinajstić information content (AvgIpc) is 3.20. The summed E-state index contributed by atoms with van der Waals surface area (Å²) in [4.78, 5) is 0. The quantitative estimate of drug-likeness (QED) is 0.478. The molecule has 1 heterocycles. The Hall–Kier alpha value is -2.73. The van der Waals surface area contributed by atoms with Crippen molar-refractivity contribution in [3.8, 4) is 38.7 Å². The number of rotatable bonds is 8. The van der Waals surface area contributed by atoms with Crippen LogP contribution in [-0.2, 0) is 0 Å². The van der Waals surface area contributed by atoms with Crippen molar-refractivity contribution < 1.29 is 19.0 Å². The summed E-state index contributed by atoms with van der Waals surface area (Å²) in [6.07, 6.45) is -0.211. The highest BCUT2D eigenvalue weighted by Gasteiger charge is 2.17. The second kappa shape index (κ2) is 10.1. The van der Waals surface area contributed by atoms with Crippen LogP contribution in [0.25, 0.3) is 21.1 Å². The molecule has 0 amide bonds. The SMILES string of the molecule is CC(O)CCOc1cc(Cl)c(-c2nnc(-c3ccc(OC(C)C)c(C#N)c3)s2)cc1F. The van der Waals surface area contributed by atoms with Crippen LogP contribution in [0.3, 0.4) is 0 Å². The van der Waals surface area contributed by atoms with Gasteiger partial charge in [0.05, 0.1) is 29.4 Å². The molecule has 0 saturated heterocycles. The van der Waals surface area contributed by atoms with Crippen LogP contribution in [0.4, 0.5) is 4.39 Å². The lowest BCUT2D eigenvalue weighted by Gasteiger charge is -2.11. The summed E-state index contributed by atoms with van der Waals surface area (Å²) in [5.74, 6) is -0.0653. The van der Waals surface area contributed by atoms with Crippen molar-refractivity contribution in [3.05, 3.63) is 46.7 Å². The Bertz CT molecular complexity index is 1110. The Labute approximate surface area is 188 Å². The third kappa shape index (κ3) is 5.70. The molecule has 2 aromatic carbocycles. The van der Waals surface area contributed by atoms with Crippen LogP contribution in [0.15, 0.2) is 30.3 Å². The average molecular weight is 462 g/mol. The fraction of sp³-hybridized carbons (Fsp3) is 0.318. The van der Waals surface area contributed by atoms with Crippen LogP contribution in [0.1, 0.15) is 32.8 Å². The molecule has 0 aliphatic carbocycles. The monoisotopic (exact) mass is 461 g/mol. The maximum Gasteiger partial charge on any atom is 0.165 e. The molecular formula is C22H21ClFN3O3S. The van der Waals surface area contributed by atoms with Crippen molar-refractivity contribution in [3.63, 3.8) is 0 Å². The maximum absolute atomic E-state index is 14.5. The van der Waals surface area contributed by atoms with Crippen molar-refractivity contribution in [1.82, 2.24) is 10.2 Å². The maximum atomic E-state index is 14.5. The van der Waals surface area contributed by atoms with Gasteiger partial charge in [0.15, 0.2) is 11.6 Å². The van der Waals surface area contributed by atoms with E-state index in [1.54, 1.807) is 25.1 Å². The van der Waals surface area contributed by atoms with Gasteiger partial charge in [-0.3, -0.25) is 0 Å². The summed E-state index contributed by atoms with van der Waals surface area (Å²) in [5.41, 5.74) is 1.49. The van der Waals surface area contributed by atoms with Crippen molar-refractivity contribution in [2.45, 2.75) is 39.4 Å². The van der Waals surface area contributed by atoms with Gasteiger partial charge in [0.1, 0.15) is 21.8 Å². The molecular weight excluding hydrogens is 441 g/mol. The first-order valence-corrected chi connectivity index (χ1v) is 10.8. The molecule has 9 heteroatoms. The number of aliphatic hydroxyl groups excluding tert-OH is 1. The van der Waals surface area contributed by atoms with Gasteiger partial charge >= 0.3 is 0 Å². The van der Waals surface area contributed by atoms with Crippen LogP contribution >= 0.6 is 22.9 Å². The summed E-state index contributed by atoms with van der Waals surface area (Å²) in [6, 6.07) is 9.97. The molecule has 0 bridgehead atoms. The van der Waals surface area contributed by atoms with Crippen molar-refractivity contribution in [1.29, 1.82) is 5.26 Å². The lowest BCUT2D eigenvalue weighted by atomic mass is 10.1. The van der Waals surface area contributed by atoms with Gasteiger partial charge in [-0.05, 0) is 45.0 Å². The van der Waals surface area contributed by atoms with E-state index in [9.17, 15) is 14.8 Å². The molecule has 162 valence electrons. The van der Waals surface area contributed by atoms with E-state index in [1.807, 2.05) is 13.8 Å². The minimum absolute atomic E-state index is 0.0125. The first-order chi connectivity index (χ1) is 14.8. The standard InChI is InChI=1S/C22H21ClFN3O3S/c1-12(2)30-19-5-4-14(8-15(19)11-25)21-26-27-22(31-21)16-9-18(24)20(10-17(16)23)29-7-6-13(3)28/h4-5,8-10,12-13,28H,6-7H2,1-3H3. The largest absolute Gasteiger partial charge is 0.490 e. The minimum atomic E-state index is -0.580. The number of ether oxygens (including phenoxy) is 2. The Kier molecular flexibility index (Phi) is 7.44. The van der Waals surface area contributed by atoms with Crippen LogP contribution in [0.2, 0.25) is 5.02 Å². The first-order valence-electron chi connectivity index (χ1n) is 9.63. The molecule has 3 aromatic rings. The molecule has 31 heavy (non-hydrogen) atoms. The molecule has 0 radical (unpaired) electrons. The molecule has 0 spiro atoms. The number of halogens is 2. The van der Waals surface area contributed by atoms with Gasteiger partial charge < -0.3 is 14.6 Å². The molecule has 1 unspecified atom stereocenters. The van der Waals surface area contributed by atoms with Gasteiger partial charge in [-0.25, -0.2) is 4.39 Å². The summed E-state index contributed by atoms with van der Waals surface area (Å²) in [6.45, 7) is 5.58. The van der Waals surface area contributed by atoms with E-state index in [4.69, 9.17) is 21.1 Å². The second-order valence-corrected chi connectivity index (χ2v) is 8.54. The molecule has 6 nitrogen and oxygen atoms in total. The molecule has 0 aliphatic rings. The van der Waals surface area contributed by atoms with E-state index in [-0.39, 0.29) is 23.5 Å². The minimum Gasteiger partial charge on any atom is -0.490 e. The van der Waals surface area contributed by atoms with Gasteiger partial charge in [-0.2, -0.15) is 5.26 Å². The predicted molar refractivity (Wildman–Crippen MR) is 118 cm³/mol. The Morgan fingerprint density at radius 2 is 1.90 bits per heavy atom. The van der Waals surface area contributed by atoms with E-state index in [0.29, 0.717) is 38.9 Å². The third-order valence-corrected chi connectivity index (χ3v) is 5.50. The Morgan fingerprint density at radius 1 is 1.16 bits per heavy atom. The van der Waals surface area contributed by atoms with Crippen LogP contribution in [-0.4, -0.2) is 34.1 Å². The van der Waals surface area contributed by atoms with Crippen LogP contribution in [0.5, 0.6) is 11.5 Å². The number of benzene rings is 2. The number of nitriles is 1. The zero-order valence-electron chi connectivity index (χ0n) is 17.2. The van der Waals surface area contributed by atoms with Gasteiger partial charge in [-0.1, -0.05) is 22.9 Å². The second-order valence-electron chi connectivity index (χ2n) is 7.15. The van der Waals surface area contributed by atoms with E-state index in [0.717, 1.165) is 0 Å². The summed E-state index contributed by atoms with van der Waals surface area (Å²) in [5, 5.41) is 28.3. The van der Waals surface area contributed by atoms with Gasteiger partial charge in [0.25, 0.3) is 0 Å². The normalized spacial score (nSPS) is 11.9. The van der Waals surface area contributed by atoms with Gasteiger partial charge in [-0.15, -0.1) is 10.2 Å². The highest BCUT2D eigenvalue weighted by Crippen LogP contribution is 2.38. The van der Waals surface area contributed by atoms with Crippen molar-refractivity contribution in [2.24, 2.45) is 0 Å². The number of hydrogen-bond donors (Lipinski definition) is 1. The van der Waals surface area contributed by atoms with E-state index in [2.05, 4.69) is 16.3 Å². The molecule has 3 rings (SSSR count). The lowest BCUT2D eigenvalue weighted by molar-refractivity contribution is 0.154. The Balaban J connectivity index is 1.85. The molecule has 0 aliphatic heterocycles.